The summed E-state index contributed by atoms with van der Waals surface area (Å²) in [7, 11) is -3.40. The summed E-state index contributed by atoms with van der Waals surface area (Å²) in [5, 5.41) is 8.62. The van der Waals surface area contributed by atoms with Crippen LogP contribution < -0.4 is 5.32 Å². The molecule has 0 radical (unpaired) electrons. The normalized spacial score (nSPS) is 12.0. The Morgan fingerprint density at radius 1 is 1.45 bits per heavy atom. The number of nitrogens with zero attached hydrogens (tertiary/aromatic N) is 1. The van der Waals surface area contributed by atoms with Crippen LogP contribution in [0.2, 0.25) is 0 Å². The Bertz CT molecular complexity index is 784. The number of H-pyrrole nitrogens is 1. The maximum atomic E-state index is 11.9. The van der Waals surface area contributed by atoms with Gasteiger partial charge in [-0.2, -0.15) is 5.10 Å². The number of carbonyl (C=O) groups excluding carboxylic acids is 1. The molecule has 1 amide bonds. The molecule has 0 aliphatic rings. The van der Waals surface area contributed by atoms with Crippen LogP contribution in [0.4, 0.5) is 5.82 Å². The van der Waals surface area contributed by atoms with Gasteiger partial charge in [-0.25, -0.2) is 8.42 Å². The fourth-order valence-electron chi connectivity index (χ4n) is 1.80. The second-order valence-corrected chi connectivity index (χ2v) is 6.49. The van der Waals surface area contributed by atoms with Crippen LogP contribution >= 0.6 is 0 Å². The minimum atomic E-state index is -3.40. The van der Waals surface area contributed by atoms with E-state index >= 15 is 0 Å². The third kappa shape index (κ3) is 3.45. The van der Waals surface area contributed by atoms with Crippen LogP contribution in [-0.2, 0) is 21.1 Å². The maximum absolute atomic E-state index is 11.9. The number of hydrogen-bond acceptors (Lipinski definition) is 4. The van der Waals surface area contributed by atoms with Crippen LogP contribution in [0.5, 0.6) is 0 Å². The topological polar surface area (TPSA) is 91.9 Å². The summed E-state index contributed by atoms with van der Waals surface area (Å²) in [5.41, 5.74) is 1.24. The van der Waals surface area contributed by atoms with Gasteiger partial charge < -0.3 is 5.32 Å². The second kappa shape index (κ2) is 5.46. The molecule has 0 bridgehead atoms. The number of benzene rings is 1. The first-order valence-electron chi connectivity index (χ1n) is 6.37. The van der Waals surface area contributed by atoms with Crippen molar-refractivity contribution in [2.75, 3.05) is 11.6 Å². The summed E-state index contributed by atoms with van der Waals surface area (Å²) in [6, 6.07) is 6.30. The van der Waals surface area contributed by atoms with Crippen LogP contribution in [0, 0.1) is 6.92 Å². The highest BCUT2D eigenvalue weighted by molar-refractivity contribution is 7.90. The highest BCUT2D eigenvalue weighted by Crippen LogP contribution is 2.18. The zero-order chi connectivity index (χ0) is 15.6. The van der Waals surface area contributed by atoms with E-state index in [0.29, 0.717) is 5.56 Å². The van der Waals surface area contributed by atoms with E-state index in [9.17, 15) is 13.2 Å². The lowest BCUT2D eigenvalue weighted by Gasteiger charge is -2.09. The quantitative estimate of drug-likeness (QED) is 0.889. The van der Waals surface area contributed by atoms with E-state index in [0.717, 1.165) is 11.8 Å². The Morgan fingerprint density at radius 2 is 2.20 bits per heavy atom. The van der Waals surface area contributed by atoms with Gasteiger partial charge in [-0.05, 0) is 24.1 Å². The third-order valence-electron chi connectivity index (χ3n) is 2.69. The number of rotatable bonds is 4. The molecule has 0 spiro atoms. The van der Waals surface area contributed by atoms with Crippen molar-refractivity contribution in [1.82, 2.24) is 10.2 Å². The molecule has 0 saturated heterocycles. The molecule has 2 rings (SSSR count). The minimum absolute atomic E-state index is 0.0805. The van der Waals surface area contributed by atoms with Crippen molar-refractivity contribution in [1.29, 1.82) is 0 Å². The SMILES string of the molecule is [2H]c1cc(NC(=O)Cc2ccc(C)cc2S(C)(=O)=O)n[nH]1. The molecule has 0 fully saturated rings. The molecule has 1 heterocycles. The third-order valence-corrected chi connectivity index (χ3v) is 3.87. The van der Waals surface area contributed by atoms with Crippen LogP contribution in [0.25, 0.3) is 0 Å². The molecular weight excluding hydrogens is 278 g/mol. The number of anilines is 1. The van der Waals surface area contributed by atoms with Gasteiger partial charge in [0, 0.05) is 18.5 Å². The number of aromatic nitrogens is 2. The molecule has 1 aromatic carbocycles. The van der Waals surface area contributed by atoms with Crippen molar-refractivity contribution >= 4 is 21.6 Å². The molecule has 0 unspecified atom stereocenters. The predicted octanol–water partition coefficient (Wildman–Crippen LogP) is 1.30. The lowest BCUT2D eigenvalue weighted by atomic mass is 10.1. The lowest BCUT2D eigenvalue weighted by Crippen LogP contribution is -2.16. The molecule has 0 aliphatic heterocycles. The summed E-state index contributed by atoms with van der Waals surface area (Å²) >= 11 is 0. The number of aryl methyl sites for hydroxylation is 1. The smallest absolute Gasteiger partial charge is 0.230 e. The van der Waals surface area contributed by atoms with E-state index in [1.165, 1.54) is 6.07 Å². The Morgan fingerprint density at radius 3 is 2.80 bits per heavy atom. The molecule has 0 aliphatic carbocycles. The molecule has 2 N–H and O–H groups in total. The summed E-state index contributed by atoms with van der Waals surface area (Å²) in [6.45, 7) is 1.79. The van der Waals surface area contributed by atoms with Crippen LogP contribution in [0.15, 0.2) is 35.3 Å². The summed E-state index contributed by atoms with van der Waals surface area (Å²) in [4.78, 5) is 12.1. The number of aromatic amines is 1. The highest BCUT2D eigenvalue weighted by atomic mass is 32.2. The van der Waals surface area contributed by atoms with Gasteiger partial charge in [0.05, 0.1) is 12.7 Å². The van der Waals surface area contributed by atoms with E-state index in [-0.39, 0.29) is 23.3 Å². The number of carbonyl (C=O) groups is 1. The second-order valence-electron chi connectivity index (χ2n) is 4.51. The molecule has 106 valence electrons. The average Bonchev–Trinajstić information content (AvgIpc) is 2.75. The molecular formula is C13H15N3O3S. The molecule has 1 aromatic heterocycles. The van der Waals surface area contributed by atoms with E-state index in [4.69, 9.17) is 1.37 Å². The summed E-state index contributed by atoms with van der Waals surface area (Å²) in [5.74, 6) is -0.159. The van der Waals surface area contributed by atoms with Crippen molar-refractivity contribution in [2.45, 2.75) is 18.2 Å². The largest absolute Gasteiger partial charge is 0.309 e. The number of hydrogen-bond donors (Lipinski definition) is 2. The molecule has 6 nitrogen and oxygen atoms in total. The highest BCUT2D eigenvalue weighted by Gasteiger charge is 2.16. The van der Waals surface area contributed by atoms with E-state index in [1.54, 1.807) is 25.1 Å². The zero-order valence-corrected chi connectivity index (χ0v) is 11.9. The van der Waals surface area contributed by atoms with Crippen molar-refractivity contribution in [3.05, 3.63) is 41.6 Å². The van der Waals surface area contributed by atoms with Crippen LogP contribution in [-0.4, -0.2) is 30.8 Å². The molecule has 0 saturated carbocycles. The minimum Gasteiger partial charge on any atom is -0.309 e. The van der Waals surface area contributed by atoms with Crippen molar-refractivity contribution in [3.63, 3.8) is 0 Å². The molecule has 7 heteroatoms. The Balaban J connectivity index is 2.21. The summed E-state index contributed by atoms with van der Waals surface area (Å²) < 4.78 is 30.8. The van der Waals surface area contributed by atoms with Gasteiger partial charge >= 0.3 is 0 Å². The van der Waals surface area contributed by atoms with Gasteiger partial charge in [0.2, 0.25) is 5.91 Å². The van der Waals surface area contributed by atoms with Gasteiger partial charge in [-0.15, -0.1) is 0 Å². The Labute approximate surface area is 118 Å². The number of amides is 1. The monoisotopic (exact) mass is 294 g/mol. The van der Waals surface area contributed by atoms with Gasteiger partial charge in [-0.3, -0.25) is 9.89 Å². The Hall–Kier alpha value is -2.15. The first-order chi connectivity index (χ1) is 9.75. The summed E-state index contributed by atoms with van der Waals surface area (Å²) in [6.07, 6.45) is 1.11. The maximum Gasteiger partial charge on any atom is 0.230 e. The average molecular weight is 294 g/mol. The molecule has 0 atom stereocenters. The first kappa shape index (κ1) is 12.9. The van der Waals surface area contributed by atoms with Crippen LogP contribution in [0.1, 0.15) is 12.5 Å². The van der Waals surface area contributed by atoms with Crippen molar-refractivity contribution in [3.8, 4) is 0 Å². The predicted molar refractivity (Wildman–Crippen MR) is 75.2 cm³/mol. The molecule has 2 aromatic rings. The fraction of sp³-hybridized carbons (Fsp3) is 0.231. The Kier molecular flexibility index (Phi) is 3.51. The lowest BCUT2D eigenvalue weighted by molar-refractivity contribution is -0.115. The van der Waals surface area contributed by atoms with E-state index in [2.05, 4.69) is 15.5 Å². The van der Waals surface area contributed by atoms with Crippen molar-refractivity contribution in [2.24, 2.45) is 0 Å². The van der Waals surface area contributed by atoms with Gasteiger partial charge in [-0.1, -0.05) is 12.1 Å². The standard InChI is InChI=1S/C13H15N3O3S/c1-9-3-4-10(11(7-9)20(2,18)19)8-13(17)15-12-5-6-14-16-12/h3-7H,8H2,1-2H3,(H2,14,15,16,17)/i6D. The van der Waals surface area contributed by atoms with Gasteiger partial charge in [0.1, 0.15) is 0 Å². The van der Waals surface area contributed by atoms with Crippen LogP contribution in [0.3, 0.4) is 0 Å². The van der Waals surface area contributed by atoms with E-state index in [1.807, 2.05) is 0 Å². The fourth-order valence-corrected chi connectivity index (χ4v) is 2.82. The molecule has 20 heavy (non-hydrogen) atoms. The van der Waals surface area contributed by atoms with Gasteiger partial charge in [0.25, 0.3) is 0 Å². The number of nitrogens with one attached hydrogen (secondary N) is 2. The number of sulfone groups is 1. The first-order valence-corrected chi connectivity index (χ1v) is 7.76. The van der Waals surface area contributed by atoms with Crippen molar-refractivity contribution < 1.29 is 14.6 Å². The zero-order valence-electron chi connectivity index (χ0n) is 12.1. The van der Waals surface area contributed by atoms with E-state index < -0.39 is 15.7 Å². The van der Waals surface area contributed by atoms with Gasteiger partial charge in [0.15, 0.2) is 15.7 Å².